The Balaban J connectivity index is 1.78. The summed E-state index contributed by atoms with van der Waals surface area (Å²) in [5, 5.41) is 12.2. The molecule has 28 heavy (non-hydrogen) atoms. The van der Waals surface area contributed by atoms with Crippen molar-refractivity contribution in [2.24, 2.45) is 5.92 Å². The van der Waals surface area contributed by atoms with E-state index in [1.807, 2.05) is 30.3 Å². The first-order chi connectivity index (χ1) is 13.6. The maximum absolute atomic E-state index is 12.6. The summed E-state index contributed by atoms with van der Waals surface area (Å²) in [5.41, 5.74) is 1.19. The van der Waals surface area contributed by atoms with Crippen molar-refractivity contribution in [3.05, 3.63) is 53.6 Å². The first-order valence-corrected chi connectivity index (χ1v) is 9.11. The maximum Gasteiger partial charge on any atom is 0.266 e. The lowest BCUT2D eigenvalue weighted by molar-refractivity contribution is -0.112. The fourth-order valence-electron chi connectivity index (χ4n) is 2.61. The van der Waals surface area contributed by atoms with Gasteiger partial charge >= 0.3 is 0 Å². The van der Waals surface area contributed by atoms with Crippen molar-refractivity contribution < 1.29 is 19.0 Å². The molecule has 1 amide bonds. The molecular formula is C22H22N2O4. The van der Waals surface area contributed by atoms with Gasteiger partial charge in [-0.3, -0.25) is 4.79 Å². The van der Waals surface area contributed by atoms with E-state index in [1.54, 1.807) is 18.2 Å². The molecule has 0 bridgehead atoms. The summed E-state index contributed by atoms with van der Waals surface area (Å²) < 4.78 is 16.8. The molecule has 0 aliphatic carbocycles. The Hall–Kier alpha value is -3.46. The Morgan fingerprint density at radius 3 is 2.71 bits per heavy atom. The molecular weight excluding hydrogens is 356 g/mol. The monoisotopic (exact) mass is 378 g/mol. The number of para-hydroxylation sites is 1. The van der Waals surface area contributed by atoms with Crippen LogP contribution in [0.5, 0.6) is 17.2 Å². The van der Waals surface area contributed by atoms with Crippen molar-refractivity contribution in [3.63, 3.8) is 0 Å². The summed E-state index contributed by atoms with van der Waals surface area (Å²) in [6, 6.07) is 14.4. The number of anilines is 1. The van der Waals surface area contributed by atoms with E-state index in [-0.39, 0.29) is 5.57 Å². The number of carbonyl (C=O) groups is 1. The molecule has 1 N–H and O–H groups in total. The van der Waals surface area contributed by atoms with Crippen molar-refractivity contribution in [2.45, 2.75) is 13.8 Å². The minimum Gasteiger partial charge on any atom is -0.493 e. The molecule has 1 heterocycles. The molecule has 0 saturated carbocycles. The Labute approximate surface area is 164 Å². The highest BCUT2D eigenvalue weighted by Gasteiger charge is 2.15. The molecule has 3 rings (SSSR count). The number of nitrogens with zero attached hydrogens (tertiary/aromatic N) is 1. The number of hydrogen-bond donors (Lipinski definition) is 1. The number of ether oxygens (including phenoxy) is 3. The zero-order valence-corrected chi connectivity index (χ0v) is 15.9. The van der Waals surface area contributed by atoms with Crippen LogP contribution in [0.1, 0.15) is 19.4 Å². The van der Waals surface area contributed by atoms with Gasteiger partial charge in [0.25, 0.3) is 5.91 Å². The number of amides is 1. The second kappa shape index (κ2) is 8.96. The summed E-state index contributed by atoms with van der Waals surface area (Å²) in [6.07, 6.45) is 1.53. The zero-order chi connectivity index (χ0) is 19.9. The van der Waals surface area contributed by atoms with Crippen LogP contribution in [0, 0.1) is 17.2 Å². The smallest absolute Gasteiger partial charge is 0.266 e. The van der Waals surface area contributed by atoms with Gasteiger partial charge in [0.15, 0.2) is 11.5 Å². The molecule has 6 nitrogen and oxygen atoms in total. The SMILES string of the molecule is CC(C)COc1ccccc1/C=C(\C#N)C(=O)Nc1ccc2c(c1)OCCO2. The van der Waals surface area contributed by atoms with Gasteiger partial charge in [-0.2, -0.15) is 5.26 Å². The number of carbonyl (C=O) groups excluding carboxylic acids is 1. The van der Waals surface area contributed by atoms with Crippen LogP contribution in [-0.4, -0.2) is 25.7 Å². The van der Waals surface area contributed by atoms with Crippen molar-refractivity contribution >= 4 is 17.7 Å². The summed E-state index contributed by atoms with van der Waals surface area (Å²) in [6.45, 7) is 5.62. The second-order valence-electron chi connectivity index (χ2n) is 6.73. The van der Waals surface area contributed by atoms with Gasteiger partial charge in [-0.1, -0.05) is 32.0 Å². The predicted molar refractivity (Wildman–Crippen MR) is 106 cm³/mol. The van der Waals surface area contributed by atoms with E-state index in [4.69, 9.17) is 14.2 Å². The average molecular weight is 378 g/mol. The maximum atomic E-state index is 12.6. The molecule has 0 saturated heterocycles. The topological polar surface area (TPSA) is 80.6 Å². The molecule has 0 unspecified atom stereocenters. The summed E-state index contributed by atoms with van der Waals surface area (Å²) in [7, 11) is 0. The number of fused-ring (bicyclic) bond motifs is 1. The molecule has 2 aromatic rings. The molecule has 6 heteroatoms. The second-order valence-corrected chi connectivity index (χ2v) is 6.73. The van der Waals surface area contributed by atoms with E-state index in [2.05, 4.69) is 19.2 Å². The number of hydrogen-bond acceptors (Lipinski definition) is 5. The zero-order valence-electron chi connectivity index (χ0n) is 15.9. The van der Waals surface area contributed by atoms with Gasteiger partial charge in [-0.25, -0.2) is 0 Å². The molecule has 1 aliphatic heterocycles. The van der Waals surface area contributed by atoms with Crippen molar-refractivity contribution in [1.82, 2.24) is 0 Å². The van der Waals surface area contributed by atoms with Crippen LogP contribution in [0.25, 0.3) is 6.08 Å². The molecule has 0 atom stereocenters. The number of nitrogens with one attached hydrogen (secondary N) is 1. The molecule has 144 valence electrons. The van der Waals surface area contributed by atoms with Gasteiger partial charge in [-0.05, 0) is 30.2 Å². The van der Waals surface area contributed by atoms with Gasteiger partial charge in [0.05, 0.1) is 6.61 Å². The number of benzene rings is 2. The minimum atomic E-state index is -0.502. The summed E-state index contributed by atoms with van der Waals surface area (Å²) in [5.74, 6) is 1.70. The van der Waals surface area contributed by atoms with Crippen LogP contribution in [0.2, 0.25) is 0 Å². The van der Waals surface area contributed by atoms with Crippen LogP contribution in [0.3, 0.4) is 0 Å². The van der Waals surface area contributed by atoms with E-state index in [0.717, 1.165) is 0 Å². The van der Waals surface area contributed by atoms with Gasteiger partial charge in [0.2, 0.25) is 0 Å². The fraction of sp³-hybridized carbons (Fsp3) is 0.273. The van der Waals surface area contributed by atoms with Crippen LogP contribution < -0.4 is 19.5 Å². The normalized spacial score (nSPS) is 13.0. The molecule has 0 aromatic heterocycles. The number of rotatable bonds is 6. The van der Waals surface area contributed by atoms with Crippen molar-refractivity contribution in [3.8, 4) is 23.3 Å². The lowest BCUT2D eigenvalue weighted by Crippen LogP contribution is -2.17. The van der Waals surface area contributed by atoms with E-state index in [9.17, 15) is 10.1 Å². The molecule has 2 aromatic carbocycles. The van der Waals surface area contributed by atoms with Gasteiger partial charge in [0, 0.05) is 17.3 Å². The third-order valence-corrected chi connectivity index (χ3v) is 3.96. The van der Waals surface area contributed by atoms with E-state index in [0.29, 0.717) is 54.2 Å². The predicted octanol–water partition coefficient (Wildman–Crippen LogP) is 4.04. The van der Waals surface area contributed by atoms with Gasteiger partial charge in [-0.15, -0.1) is 0 Å². The van der Waals surface area contributed by atoms with E-state index < -0.39 is 5.91 Å². The highest BCUT2D eigenvalue weighted by Crippen LogP contribution is 2.32. The molecule has 0 spiro atoms. The average Bonchev–Trinajstić information content (AvgIpc) is 2.71. The fourth-order valence-corrected chi connectivity index (χ4v) is 2.61. The van der Waals surface area contributed by atoms with Crippen molar-refractivity contribution in [1.29, 1.82) is 5.26 Å². The first kappa shape index (κ1) is 19.3. The quantitative estimate of drug-likeness (QED) is 0.606. The Morgan fingerprint density at radius 2 is 1.96 bits per heavy atom. The lowest BCUT2D eigenvalue weighted by atomic mass is 10.1. The Bertz CT molecular complexity index is 928. The third kappa shape index (κ3) is 4.83. The van der Waals surface area contributed by atoms with Gasteiger partial charge in [0.1, 0.15) is 30.6 Å². The van der Waals surface area contributed by atoms with Crippen LogP contribution in [0.15, 0.2) is 48.0 Å². The highest BCUT2D eigenvalue weighted by atomic mass is 16.6. The summed E-state index contributed by atoms with van der Waals surface area (Å²) in [4.78, 5) is 12.6. The first-order valence-electron chi connectivity index (χ1n) is 9.11. The third-order valence-electron chi connectivity index (χ3n) is 3.96. The lowest BCUT2D eigenvalue weighted by Gasteiger charge is -2.19. The highest BCUT2D eigenvalue weighted by molar-refractivity contribution is 6.10. The molecule has 0 fully saturated rings. The van der Waals surface area contributed by atoms with E-state index in [1.165, 1.54) is 6.08 Å². The summed E-state index contributed by atoms with van der Waals surface area (Å²) >= 11 is 0. The standard InChI is InChI=1S/C22H22N2O4/c1-15(2)14-28-19-6-4-3-5-16(19)11-17(13-23)22(25)24-18-7-8-20-21(12-18)27-10-9-26-20/h3-8,11-12,15H,9-10,14H2,1-2H3,(H,24,25)/b17-11+. The van der Waals surface area contributed by atoms with Crippen LogP contribution >= 0.6 is 0 Å². The number of nitriles is 1. The minimum absolute atomic E-state index is 0.0181. The van der Waals surface area contributed by atoms with Crippen LogP contribution in [0.4, 0.5) is 5.69 Å². The Morgan fingerprint density at radius 1 is 1.21 bits per heavy atom. The Kier molecular flexibility index (Phi) is 6.18. The van der Waals surface area contributed by atoms with Crippen LogP contribution in [-0.2, 0) is 4.79 Å². The van der Waals surface area contributed by atoms with Gasteiger partial charge < -0.3 is 19.5 Å². The molecule has 1 aliphatic rings. The largest absolute Gasteiger partial charge is 0.493 e. The molecule has 0 radical (unpaired) electrons. The van der Waals surface area contributed by atoms with E-state index >= 15 is 0 Å². The van der Waals surface area contributed by atoms with Crippen molar-refractivity contribution in [2.75, 3.05) is 25.1 Å².